The second-order valence-electron chi connectivity index (χ2n) is 3.98. The largest absolute Gasteiger partial charge is 0.358 e. The topological polar surface area (TPSA) is 58.2 Å². The Kier molecular flexibility index (Phi) is 2.64. The first-order valence-corrected chi connectivity index (χ1v) is 5.23. The van der Waals surface area contributed by atoms with Crippen LogP contribution in [0.25, 0.3) is 0 Å². The Labute approximate surface area is 94.0 Å². The molecule has 0 spiro atoms. The van der Waals surface area contributed by atoms with Crippen molar-refractivity contribution in [2.24, 2.45) is 0 Å². The maximum Gasteiger partial charge on any atom is 0.232 e. The van der Waals surface area contributed by atoms with Crippen molar-refractivity contribution in [1.29, 1.82) is 0 Å². The molecule has 1 saturated heterocycles. The number of amides is 2. The zero-order valence-electron chi connectivity index (χ0n) is 9.12. The number of carbonyl (C=O) groups is 2. The molecular formula is C12H14N2O2. The Morgan fingerprint density at radius 1 is 1.38 bits per heavy atom. The molecule has 1 aliphatic rings. The van der Waals surface area contributed by atoms with E-state index < -0.39 is 5.41 Å². The summed E-state index contributed by atoms with van der Waals surface area (Å²) in [4.78, 5) is 23.3. The third-order valence-electron chi connectivity index (χ3n) is 3.04. The second kappa shape index (κ2) is 3.96. The fourth-order valence-corrected chi connectivity index (χ4v) is 2.14. The third kappa shape index (κ3) is 1.56. The van der Waals surface area contributed by atoms with E-state index in [0.29, 0.717) is 6.54 Å². The molecule has 1 atom stereocenters. The van der Waals surface area contributed by atoms with Crippen LogP contribution in [-0.4, -0.2) is 25.4 Å². The normalized spacial score (nSPS) is 23.9. The van der Waals surface area contributed by atoms with Gasteiger partial charge in [0.15, 0.2) is 0 Å². The fourth-order valence-electron chi connectivity index (χ4n) is 2.14. The van der Waals surface area contributed by atoms with Gasteiger partial charge < -0.3 is 10.6 Å². The molecular weight excluding hydrogens is 204 g/mol. The van der Waals surface area contributed by atoms with Crippen LogP contribution in [0, 0.1) is 0 Å². The quantitative estimate of drug-likeness (QED) is 0.744. The van der Waals surface area contributed by atoms with E-state index in [-0.39, 0.29) is 18.2 Å². The smallest absolute Gasteiger partial charge is 0.232 e. The van der Waals surface area contributed by atoms with Gasteiger partial charge in [-0.1, -0.05) is 30.3 Å². The Balaban J connectivity index is 2.44. The van der Waals surface area contributed by atoms with Gasteiger partial charge in [-0.2, -0.15) is 0 Å². The lowest BCUT2D eigenvalue weighted by molar-refractivity contribution is -0.127. The number of hydrogen-bond donors (Lipinski definition) is 2. The van der Waals surface area contributed by atoms with Crippen molar-refractivity contribution in [1.82, 2.24) is 10.6 Å². The molecule has 2 rings (SSSR count). The van der Waals surface area contributed by atoms with Gasteiger partial charge in [-0.3, -0.25) is 9.59 Å². The van der Waals surface area contributed by atoms with E-state index in [9.17, 15) is 9.59 Å². The monoisotopic (exact) mass is 218 g/mol. The predicted molar refractivity (Wildman–Crippen MR) is 59.8 cm³/mol. The van der Waals surface area contributed by atoms with Crippen molar-refractivity contribution in [3.63, 3.8) is 0 Å². The second-order valence-corrected chi connectivity index (χ2v) is 3.98. The van der Waals surface area contributed by atoms with E-state index in [1.807, 2.05) is 30.3 Å². The molecule has 1 aromatic rings. The van der Waals surface area contributed by atoms with E-state index in [0.717, 1.165) is 5.56 Å². The lowest BCUT2D eigenvalue weighted by Gasteiger charge is -2.25. The number of hydrogen-bond acceptors (Lipinski definition) is 2. The number of carbonyl (C=O) groups excluding carboxylic acids is 2. The summed E-state index contributed by atoms with van der Waals surface area (Å²) in [6, 6.07) is 9.42. The molecule has 84 valence electrons. The van der Waals surface area contributed by atoms with Crippen LogP contribution in [0.15, 0.2) is 30.3 Å². The zero-order valence-corrected chi connectivity index (χ0v) is 9.12. The Hall–Kier alpha value is -1.84. The van der Waals surface area contributed by atoms with Crippen LogP contribution in [0.1, 0.15) is 12.0 Å². The SMILES string of the molecule is CNC(=O)[C@@]1(c2ccccc2)CNC(=O)C1. The fraction of sp³-hybridized carbons (Fsp3) is 0.333. The summed E-state index contributed by atoms with van der Waals surface area (Å²) in [5.74, 6) is -0.190. The summed E-state index contributed by atoms with van der Waals surface area (Å²) in [5, 5.41) is 5.36. The van der Waals surface area contributed by atoms with Gasteiger partial charge in [0.05, 0.1) is 5.41 Å². The summed E-state index contributed by atoms with van der Waals surface area (Å²) < 4.78 is 0. The van der Waals surface area contributed by atoms with Gasteiger partial charge in [0.2, 0.25) is 11.8 Å². The third-order valence-corrected chi connectivity index (χ3v) is 3.04. The van der Waals surface area contributed by atoms with Crippen LogP contribution < -0.4 is 10.6 Å². The highest BCUT2D eigenvalue weighted by molar-refractivity contribution is 5.96. The van der Waals surface area contributed by atoms with Crippen molar-refractivity contribution in [3.05, 3.63) is 35.9 Å². The van der Waals surface area contributed by atoms with Gasteiger partial charge in [0.1, 0.15) is 0 Å². The molecule has 1 heterocycles. The van der Waals surface area contributed by atoms with Gasteiger partial charge in [0.25, 0.3) is 0 Å². The highest BCUT2D eigenvalue weighted by atomic mass is 16.2. The van der Waals surface area contributed by atoms with Crippen LogP contribution >= 0.6 is 0 Å². The first-order valence-electron chi connectivity index (χ1n) is 5.23. The number of rotatable bonds is 2. The zero-order chi connectivity index (χ0) is 11.6. The van der Waals surface area contributed by atoms with E-state index in [2.05, 4.69) is 10.6 Å². The first-order chi connectivity index (χ1) is 7.69. The van der Waals surface area contributed by atoms with Crippen LogP contribution in [-0.2, 0) is 15.0 Å². The van der Waals surface area contributed by atoms with Crippen molar-refractivity contribution < 1.29 is 9.59 Å². The van der Waals surface area contributed by atoms with E-state index in [1.54, 1.807) is 7.05 Å². The van der Waals surface area contributed by atoms with Crippen LogP contribution in [0.2, 0.25) is 0 Å². The lowest BCUT2D eigenvalue weighted by atomic mass is 9.78. The van der Waals surface area contributed by atoms with Gasteiger partial charge in [-0.15, -0.1) is 0 Å². The molecule has 4 nitrogen and oxygen atoms in total. The maximum absolute atomic E-state index is 12.0. The minimum atomic E-state index is -0.743. The first kappa shape index (κ1) is 10.7. The average Bonchev–Trinajstić information content (AvgIpc) is 2.73. The van der Waals surface area contributed by atoms with E-state index in [1.165, 1.54) is 0 Å². The van der Waals surface area contributed by atoms with Crippen molar-refractivity contribution in [2.75, 3.05) is 13.6 Å². The van der Waals surface area contributed by atoms with E-state index in [4.69, 9.17) is 0 Å². The van der Waals surface area contributed by atoms with Crippen molar-refractivity contribution >= 4 is 11.8 Å². The maximum atomic E-state index is 12.0. The number of nitrogens with one attached hydrogen (secondary N) is 2. The Morgan fingerprint density at radius 3 is 2.56 bits per heavy atom. The standard InChI is InChI=1S/C12H14N2O2/c1-13-11(16)12(7-10(15)14-8-12)9-5-3-2-4-6-9/h2-6H,7-8H2,1H3,(H,13,16)(H,14,15)/t12-/m1/s1. The van der Waals surface area contributed by atoms with Crippen LogP contribution in [0.3, 0.4) is 0 Å². The molecule has 1 aromatic carbocycles. The minimum Gasteiger partial charge on any atom is -0.358 e. The molecule has 0 saturated carbocycles. The molecule has 0 bridgehead atoms. The molecule has 4 heteroatoms. The van der Waals surface area contributed by atoms with E-state index >= 15 is 0 Å². The molecule has 0 radical (unpaired) electrons. The Morgan fingerprint density at radius 2 is 2.06 bits per heavy atom. The highest BCUT2D eigenvalue weighted by Crippen LogP contribution is 2.31. The van der Waals surface area contributed by atoms with Crippen LogP contribution in [0.4, 0.5) is 0 Å². The summed E-state index contributed by atoms with van der Waals surface area (Å²) in [6.45, 7) is 0.371. The molecule has 0 aromatic heterocycles. The lowest BCUT2D eigenvalue weighted by Crippen LogP contribution is -2.44. The van der Waals surface area contributed by atoms with Gasteiger partial charge >= 0.3 is 0 Å². The predicted octanol–water partition coefficient (Wildman–Crippen LogP) is 0.190. The number of benzene rings is 1. The molecule has 2 N–H and O–H groups in total. The van der Waals surface area contributed by atoms with Crippen molar-refractivity contribution in [3.8, 4) is 0 Å². The molecule has 16 heavy (non-hydrogen) atoms. The summed E-state index contributed by atoms with van der Waals surface area (Å²) >= 11 is 0. The molecule has 0 unspecified atom stereocenters. The average molecular weight is 218 g/mol. The molecule has 2 amide bonds. The van der Waals surface area contributed by atoms with Crippen molar-refractivity contribution in [2.45, 2.75) is 11.8 Å². The Bertz CT molecular complexity index is 416. The summed E-state index contributed by atoms with van der Waals surface area (Å²) in [5.41, 5.74) is 0.139. The van der Waals surface area contributed by atoms with Crippen LogP contribution in [0.5, 0.6) is 0 Å². The summed E-state index contributed by atoms with van der Waals surface area (Å²) in [6.07, 6.45) is 0.219. The molecule has 0 aliphatic carbocycles. The van der Waals surface area contributed by atoms with Gasteiger partial charge in [0, 0.05) is 20.0 Å². The summed E-state index contributed by atoms with van der Waals surface area (Å²) in [7, 11) is 1.59. The minimum absolute atomic E-state index is 0.0764. The number of likely N-dealkylation sites (N-methyl/N-ethyl adjacent to an activating group) is 1. The van der Waals surface area contributed by atoms with Gasteiger partial charge in [-0.05, 0) is 5.56 Å². The highest BCUT2D eigenvalue weighted by Gasteiger charge is 2.45. The molecule has 1 fully saturated rings. The van der Waals surface area contributed by atoms with Gasteiger partial charge in [-0.25, -0.2) is 0 Å². The molecule has 1 aliphatic heterocycles.